The van der Waals surface area contributed by atoms with Crippen LogP contribution in [0.2, 0.25) is 0 Å². The highest BCUT2D eigenvalue weighted by molar-refractivity contribution is 7.14. The number of thiazole rings is 1. The number of benzene rings is 1. The van der Waals surface area contributed by atoms with Gasteiger partial charge < -0.3 is 14.4 Å². The van der Waals surface area contributed by atoms with Crippen molar-refractivity contribution in [3.63, 3.8) is 0 Å². The first-order valence-corrected chi connectivity index (χ1v) is 10.1. The lowest BCUT2D eigenvalue weighted by Gasteiger charge is -2.13. The van der Waals surface area contributed by atoms with E-state index in [0.717, 1.165) is 6.20 Å². The summed E-state index contributed by atoms with van der Waals surface area (Å²) in [6.07, 6.45) is -4.49. The number of rotatable bonds is 6. The highest BCUT2D eigenvalue weighted by Gasteiger charge is 2.34. The predicted molar refractivity (Wildman–Crippen MR) is 106 cm³/mol. The molecule has 0 aliphatic rings. The number of ether oxygens (including phenoxy) is 1. The molecule has 172 valence electrons. The number of amides is 1. The number of nitrogens with zero attached hydrogens (tertiary/aromatic N) is 2. The van der Waals surface area contributed by atoms with Crippen LogP contribution in [0.5, 0.6) is 5.88 Å². The van der Waals surface area contributed by atoms with E-state index in [-0.39, 0.29) is 29.0 Å². The van der Waals surface area contributed by atoms with Gasteiger partial charge in [-0.3, -0.25) is 5.32 Å². The third kappa shape index (κ3) is 5.62. The molecule has 12 heteroatoms. The molecule has 1 amide bonds. The zero-order valence-electron chi connectivity index (χ0n) is 16.8. The zero-order valence-corrected chi connectivity index (χ0v) is 17.6. The van der Waals surface area contributed by atoms with E-state index in [0.29, 0.717) is 29.0 Å². The van der Waals surface area contributed by atoms with E-state index < -0.39 is 34.9 Å². The van der Waals surface area contributed by atoms with Gasteiger partial charge in [0, 0.05) is 17.8 Å². The van der Waals surface area contributed by atoms with Gasteiger partial charge in [-0.1, -0.05) is 31.3 Å². The zero-order chi connectivity index (χ0) is 23.6. The van der Waals surface area contributed by atoms with E-state index in [1.807, 2.05) is 0 Å². The molecule has 0 bridgehead atoms. The number of hydrogen-bond donors (Lipinski definition) is 2. The first-order chi connectivity index (χ1) is 14.9. The van der Waals surface area contributed by atoms with Crippen molar-refractivity contribution in [2.75, 3.05) is 5.32 Å². The average molecular weight is 475 g/mol. The van der Waals surface area contributed by atoms with E-state index in [9.17, 15) is 31.9 Å². The van der Waals surface area contributed by atoms with Crippen LogP contribution in [0.25, 0.3) is 0 Å². The third-order valence-electron chi connectivity index (χ3n) is 4.42. The summed E-state index contributed by atoms with van der Waals surface area (Å²) in [4.78, 5) is 15.8. The van der Waals surface area contributed by atoms with Crippen LogP contribution >= 0.6 is 11.3 Å². The summed E-state index contributed by atoms with van der Waals surface area (Å²) in [7, 11) is 0. The number of alkyl halides is 3. The summed E-state index contributed by atoms with van der Waals surface area (Å²) in [6.45, 7) is 3.30. The Morgan fingerprint density at radius 2 is 2.00 bits per heavy atom. The molecule has 1 atom stereocenters. The van der Waals surface area contributed by atoms with Gasteiger partial charge in [-0.2, -0.15) is 17.6 Å². The molecule has 2 N–H and O–H groups in total. The number of halogens is 5. The number of hydrogen-bond acceptors (Lipinski definition) is 5. The molecule has 0 aliphatic carbocycles. The minimum absolute atomic E-state index is 0.0543. The molecule has 0 saturated heterocycles. The first-order valence-electron chi connectivity index (χ1n) is 9.28. The summed E-state index contributed by atoms with van der Waals surface area (Å²) in [5.74, 6) is -1.70. The number of carbonyl (C=O) groups is 1. The van der Waals surface area contributed by atoms with Crippen molar-refractivity contribution in [2.45, 2.75) is 32.7 Å². The highest BCUT2D eigenvalue weighted by Crippen LogP contribution is 2.33. The molecule has 1 unspecified atom stereocenters. The Labute approximate surface area is 183 Å². The minimum Gasteiger partial charge on any atom is -0.393 e. The summed E-state index contributed by atoms with van der Waals surface area (Å²) in [5.41, 5.74) is -0.969. The Kier molecular flexibility index (Phi) is 6.84. The van der Waals surface area contributed by atoms with Crippen LogP contribution in [0.15, 0.2) is 36.7 Å². The molecule has 2 aromatic heterocycles. The lowest BCUT2D eigenvalue weighted by molar-refractivity contribution is -0.140. The lowest BCUT2D eigenvalue weighted by atomic mass is 10.0. The second kappa shape index (κ2) is 9.25. The number of aromatic nitrogens is 2. The Morgan fingerprint density at radius 1 is 1.28 bits per heavy atom. The summed E-state index contributed by atoms with van der Waals surface area (Å²) < 4.78 is 72.3. The summed E-state index contributed by atoms with van der Waals surface area (Å²) >= 11 is 0.574. The first kappa shape index (κ1) is 23.7. The molecule has 0 fully saturated rings. The quantitative estimate of drug-likeness (QED) is 0.456. The summed E-state index contributed by atoms with van der Waals surface area (Å²) in [5, 5.41) is 11.9. The molecule has 0 saturated carbocycles. The van der Waals surface area contributed by atoms with E-state index in [1.54, 1.807) is 13.8 Å². The Bertz CT molecular complexity index is 1110. The van der Waals surface area contributed by atoms with Crippen LogP contribution in [-0.4, -0.2) is 20.8 Å². The van der Waals surface area contributed by atoms with E-state index >= 15 is 0 Å². The van der Waals surface area contributed by atoms with E-state index in [4.69, 9.17) is 4.74 Å². The van der Waals surface area contributed by atoms with Gasteiger partial charge in [0.25, 0.3) is 0 Å². The SMILES string of the molecule is CC(C)C(O)c1cc(OC(=O)Nc2ncc(F)s2)n(Cc2ccc(F)c(C(F)(F)F)c2)c1. The highest BCUT2D eigenvalue weighted by atomic mass is 32.1. The van der Waals surface area contributed by atoms with Gasteiger partial charge in [0.1, 0.15) is 5.82 Å². The summed E-state index contributed by atoms with van der Waals surface area (Å²) in [6, 6.07) is 3.90. The molecule has 0 spiro atoms. The van der Waals surface area contributed by atoms with Crippen LogP contribution in [0, 0.1) is 16.9 Å². The molecule has 6 nitrogen and oxygen atoms in total. The van der Waals surface area contributed by atoms with Gasteiger partial charge in [0.2, 0.25) is 5.88 Å². The second-order valence-corrected chi connectivity index (χ2v) is 8.21. The normalized spacial score (nSPS) is 12.8. The minimum atomic E-state index is -4.88. The monoisotopic (exact) mass is 475 g/mol. The molecule has 2 heterocycles. The van der Waals surface area contributed by atoms with E-state index in [1.165, 1.54) is 22.9 Å². The van der Waals surface area contributed by atoms with Crippen molar-refractivity contribution in [3.8, 4) is 5.88 Å². The molecule has 32 heavy (non-hydrogen) atoms. The predicted octanol–water partition coefficient (Wildman–Crippen LogP) is 5.59. The molecule has 0 radical (unpaired) electrons. The Hall–Kier alpha value is -2.99. The van der Waals surface area contributed by atoms with Crippen LogP contribution in [0.1, 0.15) is 36.6 Å². The lowest BCUT2D eigenvalue weighted by Crippen LogP contribution is -2.18. The standard InChI is InChI=1S/C20H18F5N3O3S/c1-10(2)17(29)12-6-16(31-19(30)27-18-26-7-15(22)32-18)28(9-12)8-11-3-4-14(21)13(5-11)20(23,24)25/h3-7,9-10,17,29H,8H2,1-2H3,(H,26,27,30). The van der Waals surface area contributed by atoms with Gasteiger partial charge in [-0.25, -0.2) is 14.2 Å². The maximum atomic E-state index is 13.6. The molecule has 0 aliphatic heterocycles. The Morgan fingerprint density at radius 3 is 2.59 bits per heavy atom. The van der Waals surface area contributed by atoms with Gasteiger partial charge in [-0.05, 0) is 23.6 Å². The maximum absolute atomic E-state index is 13.6. The van der Waals surface area contributed by atoms with Crippen LogP contribution in [0.4, 0.5) is 31.9 Å². The number of carbonyl (C=O) groups excluding carboxylic acids is 1. The topological polar surface area (TPSA) is 76.4 Å². The van der Waals surface area contributed by atoms with Gasteiger partial charge in [0.05, 0.1) is 24.4 Å². The number of anilines is 1. The van der Waals surface area contributed by atoms with Crippen molar-refractivity contribution >= 4 is 22.6 Å². The van der Waals surface area contributed by atoms with Crippen molar-refractivity contribution in [2.24, 2.45) is 5.92 Å². The van der Waals surface area contributed by atoms with Crippen LogP contribution < -0.4 is 10.1 Å². The van der Waals surface area contributed by atoms with Gasteiger partial charge in [-0.15, -0.1) is 0 Å². The fraction of sp³-hybridized carbons (Fsp3) is 0.300. The largest absolute Gasteiger partial charge is 0.420 e. The number of aliphatic hydroxyl groups excluding tert-OH is 1. The smallest absolute Gasteiger partial charge is 0.393 e. The van der Waals surface area contributed by atoms with Gasteiger partial charge >= 0.3 is 12.3 Å². The fourth-order valence-electron chi connectivity index (χ4n) is 2.87. The molecular formula is C20H18F5N3O3S. The molecule has 3 rings (SSSR count). The number of aliphatic hydroxyl groups is 1. The van der Waals surface area contributed by atoms with Gasteiger partial charge in [0.15, 0.2) is 10.3 Å². The third-order valence-corrected chi connectivity index (χ3v) is 5.13. The molecular weight excluding hydrogens is 457 g/mol. The van der Waals surface area contributed by atoms with Crippen molar-refractivity contribution < 1.29 is 36.6 Å². The Balaban J connectivity index is 1.89. The second-order valence-electron chi connectivity index (χ2n) is 7.22. The van der Waals surface area contributed by atoms with Crippen molar-refractivity contribution in [1.82, 2.24) is 9.55 Å². The van der Waals surface area contributed by atoms with Crippen molar-refractivity contribution in [3.05, 3.63) is 64.3 Å². The van der Waals surface area contributed by atoms with Crippen LogP contribution in [0.3, 0.4) is 0 Å². The number of nitrogens with one attached hydrogen (secondary N) is 1. The van der Waals surface area contributed by atoms with Crippen molar-refractivity contribution in [1.29, 1.82) is 0 Å². The molecule has 1 aromatic carbocycles. The van der Waals surface area contributed by atoms with E-state index in [2.05, 4.69) is 10.3 Å². The molecule has 3 aromatic rings. The van der Waals surface area contributed by atoms with Crippen LogP contribution in [-0.2, 0) is 12.7 Å². The maximum Gasteiger partial charge on any atom is 0.420 e. The fourth-order valence-corrected chi connectivity index (χ4v) is 3.40. The average Bonchev–Trinajstić information content (AvgIpc) is 3.27.